The molecule has 0 saturated heterocycles. The second-order valence-electron chi connectivity index (χ2n) is 6.01. The molecular formula is C20H19N3O4S2. The Morgan fingerprint density at radius 1 is 1.00 bits per heavy atom. The van der Waals surface area contributed by atoms with Gasteiger partial charge in [0.05, 0.1) is 20.0 Å². The monoisotopic (exact) mass is 429 g/mol. The van der Waals surface area contributed by atoms with Crippen molar-refractivity contribution in [3.05, 3.63) is 59.2 Å². The van der Waals surface area contributed by atoms with Gasteiger partial charge in [0.15, 0.2) is 10.1 Å². The molecule has 0 fully saturated rings. The number of ketones is 1. The lowest BCUT2D eigenvalue weighted by atomic mass is 10.1. The van der Waals surface area contributed by atoms with Gasteiger partial charge in [0.2, 0.25) is 5.13 Å². The number of hydrogen-bond donors (Lipinski definition) is 1. The lowest BCUT2D eigenvalue weighted by Gasteiger charge is -2.07. The van der Waals surface area contributed by atoms with Gasteiger partial charge >= 0.3 is 0 Å². The van der Waals surface area contributed by atoms with Gasteiger partial charge in [-0.05, 0) is 19.1 Å². The molecule has 3 rings (SSSR count). The fraction of sp³-hybridized carbons (Fsp3) is 0.200. The summed E-state index contributed by atoms with van der Waals surface area (Å²) in [6, 6.07) is 12.3. The highest BCUT2D eigenvalue weighted by molar-refractivity contribution is 8.01. The van der Waals surface area contributed by atoms with Crippen LogP contribution < -0.4 is 14.8 Å². The van der Waals surface area contributed by atoms with Crippen LogP contribution in [0.25, 0.3) is 0 Å². The highest BCUT2D eigenvalue weighted by atomic mass is 32.2. The van der Waals surface area contributed by atoms with Crippen molar-refractivity contribution < 1.29 is 19.1 Å². The zero-order chi connectivity index (χ0) is 20.8. The van der Waals surface area contributed by atoms with E-state index in [-0.39, 0.29) is 17.4 Å². The molecule has 0 spiro atoms. The third kappa shape index (κ3) is 5.55. The lowest BCUT2D eigenvalue weighted by Crippen LogP contribution is -2.12. The number of nitrogens with zero attached hydrogens (tertiary/aromatic N) is 2. The zero-order valence-electron chi connectivity index (χ0n) is 16.1. The summed E-state index contributed by atoms with van der Waals surface area (Å²) in [7, 11) is 3.03. The molecule has 29 heavy (non-hydrogen) atoms. The SMILES string of the molecule is COc1cc(OC)cc(C(=O)Nc2nnc(SCC(=O)c3ccc(C)cc3)s2)c1. The predicted octanol–water partition coefficient (Wildman–Crippen LogP) is 4.09. The van der Waals surface area contributed by atoms with Crippen molar-refractivity contribution in [1.29, 1.82) is 0 Å². The number of aryl methyl sites for hydroxylation is 1. The molecule has 9 heteroatoms. The van der Waals surface area contributed by atoms with Gasteiger partial charge in [-0.25, -0.2) is 0 Å². The minimum atomic E-state index is -0.356. The lowest BCUT2D eigenvalue weighted by molar-refractivity contribution is 0.101. The van der Waals surface area contributed by atoms with Crippen LogP contribution in [0.2, 0.25) is 0 Å². The Bertz CT molecular complexity index is 997. The Morgan fingerprint density at radius 2 is 1.66 bits per heavy atom. The van der Waals surface area contributed by atoms with Crippen LogP contribution in [-0.4, -0.2) is 41.9 Å². The number of thioether (sulfide) groups is 1. The summed E-state index contributed by atoms with van der Waals surface area (Å²) in [6.45, 7) is 1.97. The molecule has 150 valence electrons. The highest BCUT2D eigenvalue weighted by Gasteiger charge is 2.14. The van der Waals surface area contributed by atoms with Crippen LogP contribution in [0.1, 0.15) is 26.3 Å². The number of Topliss-reactive ketones (excluding diaryl/α,β-unsaturated/α-hetero) is 1. The number of aromatic nitrogens is 2. The van der Waals surface area contributed by atoms with E-state index in [0.29, 0.717) is 32.1 Å². The van der Waals surface area contributed by atoms with Gasteiger partial charge in [-0.2, -0.15) is 0 Å². The van der Waals surface area contributed by atoms with Crippen LogP contribution in [0, 0.1) is 6.92 Å². The molecular weight excluding hydrogens is 410 g/mol. The Hall–Kier alpha value is -2.91. The van der Waals surface area contributed by atoms with Crippen LogP contribution in [0.15, 0.2) is 46.8 Å². The van der Waals surface area contributed by atoms with Crippen molar-refractivity contribution in [3.63, 3.8) is 0 Å². The summed E-state index contributed by atoms with van der Waals surface area (Å²) in [4.78, 5) is 24.8. The molecule has 0 aliphatic heterocycles. The normalized spacial score (nSPS) is 10.4. The van der Waals surface area contributed by atoms with E-state index in [9.17, 15) is 9.59 Å². The van der Waals surface area contributed by atoms with Gasteiger partial charge in [-0.15, -0.1) is 10.2 Å². The van der Waals surface area contributed by atoms with E-state index >= 15 is 0 Å². The van der Waals surface area contributed by atoms with Crippen molar-refractivity contribution in [2.45, 2.75) is 11.3 Å². The molecule has 1 heterocycles. The quantitative estimate of drug-likeness (QED) is 0.328. The number of hydrogen-bond acceptors (Lipinski definition) is 8. The molecule has 0 unspecified atom stereocenters. The van der Waals surface area contributed by atoms with Crippen LogP contribution in [0.5, 0.6) is 11.5 Å². The molecule has 7 nitrogen and oxygen atoms in total. The fourth-order valence-corrected chi connectivity index (χ4v) is 4.02. The van der Waals surface area contributed by atoms with Gasteiger partial charge in [0, 0.05) is 17.2 Å². The molecule has 0 aliphatic rings. The average molecular weight is 430 g/mol. The Morgan fingerprint density at radius 3 is 2.28 bits per heavy atom. The second kappa shape index (κ2) is 9.53. The summed E-state index contributed by atoms with van der Waals surface area (Å²) < 4.78 is 11.0. The van der Waals surface area contributed by atoms with Gasteiger partial charge in [0.1, 0.15) is 11.5 Å². The first-order valence-electron chi connectivity index (χ1n) is 8.59. The maximum Gasteiger partial charge on any atom is 0.257 e. The maximum absolute atomic E-state index is 12.5. The molecule has 1 N–H and O–H groups in total. The number of carbonyl (C=O) groups is 2. The zero-order valence-corrected chi connectivity index (χ0v) is 17.7. The largest absolute Gasteiger partial charge is 0.497 e. The van der Waals surface area contributed by atoms with Crippen molar-refractivity contribution in [3.8, 4) is 11.5 Å². The Labute approximate surface area is 176 Å². The third-order valence-electron chi connectivity index (χ3n) is 3.94. The molecule has 0 radical (unpaired) electrons. The number of rotatable bonds is 8. The second-order valence-corrected chi connectivity index (χ2v) is 8.21. The summed E-state index contributed by atoms with van der Waals surface area (Å²) in [5.41, 5.74) is 2.14. The van der Waals surface area contributed by atoms with Crippen molar-refractivity contribution in [1.82, 2.24) is 10.2 Å². The summed E-state index contributed by atoms with van der Waals surface area (Å²) in [5, 5.41) is 11.0. The summed E-state index contributed by atoms with van der Waals surface area (Å²) >= 11 is 2.50. The fourth-order valence-electron chi connectivity index (χ4n) is 2.38. The average Bonchev–Trinajstić information content (AvgIpc) is 3.19. The molecule has 1 aromatic heterocycles. The number of nitrogens with one attached hydrogen (secondary N) is 1. The molecule has 0 bridgehead atoms. The van der Waals surface area contributed by atoms with Gasteiger partial charge in [0.25, 0.3) is 5.91 Å². The smallest absolute Gasteiger partial charge is 0.257 e. The Balaban J connectivity index is 1.60. The van der Waals surface area contributed by atoms with E-state index in [4.69, 9.17) is 9.47 Å². The van der Waals surface area contributed by atoms with E-state index in [2.05, 4.69) is 15.5 Å². The van der Waals surface area contributed by atoms with Crippen LogP contribution >= 0.6 is 23.1 Å². The molecule has 3 aromatic rings. The van der Waals surface area contributed by atoms with Gasteiger partial charge < -0.3 is 9.47 Å². The minimum absolute atomic E-state index is 0.0132. The first-order chi connectivity index (χ1) is 14.0. The predicted molar refractivity (Wildman–Crippen MR) is 114 cm³/mol. The van der Waals surface area contributed by atoms with Crippen molar-refractivity contribution >= 4 is 39.9 Å². The van der Waals surface area contributed by atoms with E-state index in [1.54, 1.807) is 18.2 Å². The minimum Gasteiger partial charge on any atom is -0.497 e. The molecule has 2 aromatic carbocycles. The van der Waals surface area contributed by atoms with E-state index in [1.807, 2.05) is 31.2 Å². The molecule has 0 atom stereocenters. The van der Waals surface area contributed by atoms with Gasteiger partial charge in [-0.1, -0.05) is 52.9 Å². The number of carbonyl (C=O) groups excluding carboxylic acids is 2. The van der Waals surface area contributed by atoms with E-state index in [1.165, 1.54) is 37.3 Å². The third-order valence-corrected chi connectivity index (χ3v) is 5.91. The highest BCUT2D eigenvalue weighted by Crippen LogP contribution is 2.27. The van der Waals surface area contributed by atoms with Crippen LogP contribution in [-0.2, 0) is 0 Å². The van der Waals surface area contributed by atoms with Crippen LogP contribution in [0.3, 0.4) is 0 Å². The van der Waals surface area contributed by atoms with Gasteiger partial charge in [-0.3, -0.25) is 14.9 Å². The topological polar surface area (TPSA) is 90.4 Å². The first-order valence-corrected chi connectivity index (χ1v) is 10.4. The summed E-state index contributed by atoms with van der Waals surface area (Å²) in [6.07, 6.45) is 0. The first kappa shape index (κ1) is 20.8. The number of ether oxygens (including phenoxy) is 2. The molecule has 0 aliphatic carbocycles. The maximum atomic E-state index is 12.5. The van der Waals surface area contributed by atoms with Crippen molar-refractivity contribution in [2.75, 3.05) is 25.3 Å². The summed E-state index contributed by atoms with van der Waals surface area (Å²) in [5.74, 6) is 0.929. The number of benzene rings is 2. The van der Waals surface area contributed by atoms with Crippen LogP contribution in [0.4, 0.5) is 5.13 Å². The number of anilines is 1. The Kier molecular flexibility index (Phi) is 6.84. The molecule has 0 saturated carbocycles. The molecule has 1 amide bonds. The standard InChI is InChI=1S/C20H19N3O4S2/c1-12-4-6-13(7-5-12)17(24)11-28-20-23-22-19(29-20)21-18(25)14-8-15(26-2)10-16(9-14)27-3/h4-10H,11H2,1-3H3,(H,21,22,25). The van der Waals surface area contributed by atoms with E-state index in [0.717, 1.165) is 5.56 Å². The van der Waals surface area contributed by atoms with E-state index < -0.39 is 0 Å². The number of methoxy groups -OCH3 is 2. The number of amides is 1. The van der Waals surface area contributed by atoms with Crippen molar-refractivity contribution in [2.24, 2.45) is 0 Å².